The second kappa shape index (κ2) is 11.3. The molecule has 4 heterocycles. The van der Waals surface area contributed by atoms with Gasteiger partial charge in [0.25, 0.3) is 0 Å². The quantitative estimate of drug-likeness (QED) is 0.421. The van der Waals surface area contributed by atoms with Crippen molar-refractivity contribution in [1.29, 1.82) is 0 Å². The number of halogens is 1. The van der Waals surface area contributed by atoms with Gasteiger partial charge in [-0.05, 0) is 70.7 Å². The molecule has 10 heteroatoms. The Morgan fingerprint density at radius 1 is 1.13 bits per heavy atom. The zero-order valence-electron chi connectivity index (χ0n) is 22.6. The molecule has 2 aliphatic heterocycles. The molecule has 2 aromatic heterocycles. The van der Waals surface area contributed by atoms with Crippen LogP contribution in [0.5, 0.6) is 5.75 Å². The first-order chi connectivity index (χ1) is 18.3. The highest BCUT2D eigenvalue weighted by molar-refractivity contribution is 5.75. The second-order valence-corrected chi connectivity index (χ2v) is 11.0. The van der Waals surface area contributed by atoms with Crippen molar-refractivity contribution in [3.05, 3.63) is 42.5 Å². The van der Waals surface area contributed by atoms with Crippen LogP contribution >= 0.6 is 0 Å². The van der Waals surface area contributed by atoms with Crippen molar-refractivity contribution in [3.63, 3.8) is 0 Å². The number of aromatic nitrogens is 4. The molecule has 2 atom stereocenters. The summed E-state index contributed by atoms with van der Waals surface area (Å²) in [4.78, 5) is 2.22. The van der Waals surface area contributed by atoms with Gasteiger partial charge in [0.15, 0.2) is 12.6 Å². The van der Waals surface area contributed by atoms with E-state index in [-0.39, 0.29) is 18.6 Å². The molecule has 0 spiro atoms. The van der Waals surface area contributed by atoms with Crippen molar-refractivity contribution in [1.82, 2.24) is 25.3 Å². The van der Waals surface area contributed by atoms with Gasteiger partial charge in [-0.15, -0.1) is 10.2 Å². The van der Waals surface area contributed by atoms with Gasteiger partial charge in [-0.1, -0.05) is 0 Å². The van der Waals surface area contributed by atoms with Gasteiger partial charge >= 0.3 is 0 Å². The van der Waals surface area contributed by atoms with Crippen molar-refractivity contribution in [2.24, 2.45) is 0 Å². The monoisotopic (exact) mass is 524 g/mol. The van der Waals surface area contributed by atoms with Crippen molar-refractivity contribution in [2.45, 2.75) is 64.3 Å². The number of anilines is 1. The summed E-state index contributed by atoms with van der Waals surface area (Å²) in [6.07, 6.45) is 7.44. The Balaban J connectivity index is 1.37. The Bertz CT molecular complexity index is 1220. The van der Waals surface area contributed by atoms with E-state index >= 15 is 4.39 Å². The van der Waals surface area contributed by atoms with Gasteiger partial charge in [0.05, 0.1) is 11.9 Å². The van der Waals surface area contributed by atoms with Crippen LogP contribution in [0.15, 0.2) is 36.7 Å². The molecule has 0 aliphatic carbocycles. The van der Waals surface area contributed by atoms with Crippen LogP contribution in [0.1, 0.15) is 52.7 Å². The maximum Gasteiger partial charge on any atom is 0.188 e. The maximum atomic E-state index is 15.5. The van der Waals surface area contributed by atoms with E-state index in [0.717, 1.165) is 44.6 Å². The molecule has 3 aromatic rings. The molecule has 2 aliphatic rings. The molecule has 5 rings (SSSR count). The number of nitrogens with one attached hydrogen (secondary N) is 1. The lowest BCUT2D eigenvalue weighted by Gasteiger charge is -2.26. The Labute approximate surface area is 223 Å². The average molecular weight is 525 g/mol. The molecular formula is C28H37FN6O3. The predicted octanol–water partition coefficient (Wildman–Crippen LogP) is 4.79. The molecule has 0 radical (unpaired) electrons. The minimum absolute atomic E-state index is 0.0225. The average Bonchev–Trinajstić information content (AvgIpc) is 3.58. The predicted molar refractivity (Wildman–Crippen MR) is 143 cm³/mol. The van der Waals surface area contributed by atoms with Crippen LogP contribution in [0.4, 0.5) is 10.2 Å². The first-order valence-corrected chi connectivity index (χ1v) is 13.3. The van der Waals surface area contributed by atoms with E-state index in [9.17, 15) is 0 Å². The molecule has 1 N–H and O–H groups in total. The fourth-order valence-corrected chi connectivity index (χ4v) is 5.12. The summed E-state index contributed by atoms with van der Waals surface area (Å²) in [6.45, 7) is 9.04. The van der Waals surface area contributed by atoms with E-state index in [1.165, 1.54) is 6.07 Å². The van der Waals surface area contributed by atoms with Crippen molar-refractivity contribution >= 4 is 5.82 Å². The van der Waals surface area contributed by atoms with Crippen molar-refractivity contribution in [2.75, 3.05) is 38.5 Å². The van der Waals surface area contributed by atoms with E-state index in [2.05, 4.69) is 46.3 Å². The molecule has 0 saturated carbocycles. The number of hydrogen-bond donors (Lipinski definition) is 1. The highest BCUT2D eigenvalue weighted by Crippen LogP contribution is 2.36. The van der Waals surface area contributed by atoms with Crippen molar-refractivity contribution < 1.29 is 18.6 Å². The van der Waals surface area contributed by atoms with Crippen LogP contribution < -0.4 is 15.0 Å². The third-order valence-corrected chi connectivity index (χ3v) is 6.84. The summed E-state index contributed by atoms with van der Waals surface area (Å²) in [6, 6.07) is 7.31. The third kappa shape index (κ3) is 6.14. The highest BCUT2D eigenvalue weighted by atomic mass is 19.1. The first kappa shape index (κ1) is 26.5. The van der Waals surface area contributed by atoms with Gasteiger partial charge in [0.2, 0.25) is 0 Å². The Morgan fingerprint density at radius 3 is 2.71 bits per heavy atom. The Kier molecular flexibility index (Phi) is 7.92. The van der Waals surface area contributed by atoms with Gasteiger partial charge in [-0.3, -0.25) is 0 Å². The summed E-state index contributed by atoms with van der Waals surface area (Å²) in [5, 5.41) is 17.0. The second-order valence-electron chi connectivity index (χ2n) is 11.0. The molecule has 0 amide bonds. The fraction of sp³-hybridized carbons (Fsp3) is 0.536. The SMILES string of the molecule is COCOc1cc(-c2cnn(C3CCCCO3)c2)c(F)cc1-c1ccc(N2CC[C@@H](NC(C)(C)C)C2)nn1. The molecule has 38 heavy (non-hydrogen) atoms. The largest absolute Gasteiger partial charge is 0.467 e. The minimum atomic E-state index is -0.393. The summed E-state index contributed by atoms with van der Waals surface area (Å²) >= 11 is 0. The number of ether oxygens (including phenoxy) is 3. The van der Waals surface area contributed by atoms with Crippen LogP contribution in [0, 0.1) is 5.82 Å². The molecule has 0 bridgehead atoms. The van der Waals surface area contributed by atoms with E-state index in [1.54, 1.807) is 24.1 Å². The molecule has 1 aromatic carbocycles. The normalized spacial score (nSPS) is 20.2. The smallest absolute Gasteiger partial charge is 0.188 e. The summed E-state index contributed by atoms with van der Waals surface area (Å²) in [5.41, 5.74) is 2.15. The highest BCUT2D eigenvalue weighted by Gasteiger charge is 2.27. The van der Waals surface area contributed by atoms with Gasteiger partial charge < -0.3 is 24.4 Å². The third-order valence-electron chi connectivity index (χ3n) is 6.84. The van der Waals surface area contributed by atoms with Crippen LogP contribution in [0.25, 0.3) is 22.4 Å². The molecular weight excluding hydrogens is 487 g/mol. The number of hydrogen-bond acceptors (Lipinski definition) is 8. The van der Waals surface area contributed by atoms with Crippen LogP contribution in [-0.4, -0.2) is 65.2 Å². The van der Waals surface area contributed by atoms with Gasteiger partial charge in [0.1, 0.15) is 17.8 Å². The zero-order valence-corrected chi connectivity index (χ0v) is 22.6. The van der Waals surface area contributed by atoms with E-state index < -0.39 is 5.82 Å². The number of rotatable bonds is 8. The van der Waals surface area contributed by atoms with Crippen LogP contribution in [-0.2, 0) is 9.47 Å². The lowest BCUT2D eigenvalue weighted by Crippen LogP contribution is -2.45. The lowest BCUT2D eigenvalue weighted by molar-refractivity contribution is -0.0394. The lowest BCUT2D eigenvalue weighted by atomic mass is 10.0. The van der Waals surface area contributed by atoms with Crippen LogP contribution in [0.2, 0.25) is 0 Å². The van der Waals surface area contributed by atoms with Crippen molar-refractivity contribution in [3.8, 4) is 28.1 Å². The van der Waals surface area contributed by atoms with E-state index in [0.29, 0.717) is 40.8 Å². The maximum absolute atomic E-state index is 15.5. The minimum Gasteiger partial charge on any atom is -0.467 e. The topological polar surface area (TPSA) is 86.6 Å². The van der Waals surface area contributed by atoms with E-state index in [4.69, 9.17) is 14.2 Å². The molecule has 1 unspecified atom stereocenters. The Morgan fingerprint density at radius 2 is 2.00 bits per heavy atom. The molecule has 2 saturated heterocycles. The molecule has 9 nitrogen and oxygen atoms in total. The van der Waals surface area contributed by atoms with Crippen LogP contribution in [0.3, 0.4) is 0 Å². The molecule has 2 fully saturated rings. The van der Waals surface area contributed by atoms with Gasteiger partial charge in [0, 0.05) is 61.3 Å². The summed E-state index contributed by atoms with van der Waals surface area (Å²) in [5.74, 6) is 0.874. The van der Waals surface area contributed by atoms with Gasteiger partial charge in [-0.25, -0.2) is 9.07 Å². The first-order valence-electron chi connectivity index (χ1n) is 13.3. The standard InChI is InChI=1S/C28H37FN6O3/c1-28(2,3)31-20-10-11-34(17-20)26-9-8-24(32-33-26)22-13-23(29)21(14-25(22)38-18-36-4)19-15-30-35(16-19)27-7-5-6-12-37-27/h8-9,13-16,20,27,31H,5-7,10-12,17-18H2,1-4H3/t20-,27?/m1/s1. The number of methoxy groups -OCH3 is 1. The van der Waals surface area contributed by atoms with E-state index in [1.807, 2.05) is 18.3 Å². The summed E-state index contributed by atoms with van der Waals surface area (Å²) in [7, 11) is 1.55. The van der Waals surface area contributed by atoms with Gasteiger partial charge in [-0.2, -0.15) is 5.10 Å². The summed E-state index contributed by atoms with van der Waals surface area (Å²) < 4.78 is 34.0. The Hall–Kier alpha value is -3.08. The zero-order chi connectivity index (χ0) is 26.7. The number of nitrogens with zero attached hydrogens (tertiary/aromatic N) is 5. The molecule has 204 valence electrons. The number of benzene rings is 1. The fourth-order valence-electron chi connectivity index (χ4n) is 5.12.